The molecule has 20 heavy (non-hydrogen) atoms. The zero-order chi connectivity index (χ0) is 14.6. The molecule has 0 fully saturated rings. The predicted octanol–water partition coefficient (Wildman–Crippen LogP) is 1.83. The lowest BCUT2D eigenvalue weighted by Crippen LogP contribution is -2.46. The lowest BCUT2D eigenvalue weighted by Gasteiger charge is -2.21. The van der Waals surface area contributed by atoms with Crippen LogP contribution in [0.2, 0.25) is 0 Å². The fourth-order valence-electron chi connectivity index (χ4n) is 1.83. The van der Waals surface area contributed by atoms with Gasteiger partial charge in [-0.15, -0.1) is 11.8 Å². The largest absolute Gasteiger partial charge is 0.486 e. The molecule has 1 atom stereocenters. The predicted molar refractivity (Wildman–Crippen MR) is 77.4 cm³/mol. The number of thioether (sulfide) groups is 1. The Kier molecular flexibility index (Phi) is 4.77. The van der Waals surface area contributed by atoms with Crippen molar-refractivity contribution in [1.82, 2.24) is 0 Å². The molecule has 2 rings (SSSR count). The van der Waals surface area contributed by atoms with Gasteiger partial charge in [-0.3, -0.25) is 4.79 Å². The number of fused-ring (bicyclic) bond motifs is 1. The van der Waals surface area contributed by atoms with E-state index < -0.39 is 5.54 Å². The molecule has 1 aliphatic heterocycles. The Hall–Kier alpha value is -1.40. The molecule has 0 amide bonds. The van der Waals surface area contributed by atoms with Crippen LogP contribution in [0.15, 0.2) is 23.1 Å². The van der Waals surface area contributed by atoms with Gasteiger partial charge in [0.1, 0.15) is 18.8 Å². The molecule has 0 radical (unpaired) electrons. The number of benzene rings is 1. The number of ether oxygens (including phenoxy) is 3. The number of nitrogens with two attached hydrogens (primary N) is 1. The van der Waals surface area contributed by atoms with E-state index in [4.69, 9.17) is 15.2 Å². The quantitative estimate of drug-likeness (QED) is 0.660. The average Bonchev–Trinajstić information content (AvgIpc) is 2.46. The highest BCUT2D eigenvalue weighted by Gasteiger charge is 2.28. The summed E-state index contributed by atoms with van der Waals surface area (Å²) in [7, 11) is 1.35. The number of hydrogen-bond acceptors (Lipinski definition) is 6. The van der Waals surface area contributed by atoms with Gasteiger partial charge < -0.3 is 19.9 Å². The van der Waals surface area contributed by atoms with Crippen LogP contribution in [0, 0.1) is 0 Å². The van der Waals surface area contributed by atoms with Crippen LogP contribution >= 0.6 is 11.8 Å². The first kappa shape index (κ1) is 15.0. The third-order valence-electron chi connectivity index (χ3n) is 3.06. The van der Waals surface area contributed by atoms with E-state index in [0.717, 1.165) is 22.1 Å². The molecule has 1 heterocycles. The second kappa shape index (κ2) is 6.37. The van der Waals surface area contributed by atoms with Gasteiger partial charge in [0.2, 0.25) is 0 Å². The first-order chi connectivity index (χ1) is 9.53. The fourth-order valence-corrected chi connectivity index (χ4v) is 2.95. The van der Waals surface area contributed by atoms with E-state index in [2.05, 4.69) is 4.74 Å². The average molecular weight is 297 g/mol. The number of carbonyl (C=O) groups is 1. The summed E-state index contributed by atoms with van der Waals surface area (Å²) >= 11 is 1.62. The molecular weight excluding hydrogens is 278 g/mol. The van der Waals surface area contributed by atoms with Crippen molar-refractivity contribution in [3.05, 3.63) is 18.2 Å². The summed E-state index contributed by atoms with van der Waals surface area (Å²) in [6, 6.07) is 5.83. The SMILES string of the molecule is COC(=O)C(C)(N)CCSc1ccc2c(c1)OCCO2. The molecule has 6 heteroatoms. The Morgan fingerprint density at radius 1 is 1.40 bits per heavy atom. The minimum absolute atomic E-state index is 0.389. The van der Waals surface area contributed by atoms with Gasteiger partial charge in [0.15, 0.2) is 11.5 Å². The molecule has 1 unspecified atom stereocenters. The maximum atomic E-state index is 11.5. The number of carbonyl (C=O) groups excluding carboxylic acids is 1. The van der Waals surface area contributed by atoms with Crippen LogP contribution in [0.4, 0.5) is 0 Å². The lowest BCUT2D eigenvalue weighted by atomic mass is 10.0. The van der Waals surface area contributed by atoms with Crippen molar-refractivity contribution in [3.63, 3.8) is 0 Å². The molecule has 0 bridgehead atoms. The van der Waals surface area contributed by atoms with E-state index in [1.807, 2.05) is 18.2 Å². The van der Waals surface area contributed by atoms with Crippen molar-refractivity contribution in [3.8, 4) is 11.5 Å². The Morgan fingerprint density at radius 2 is 2.10 bits per heavy atom. The highest BCUT2D eigenvalue weighted by Crippen LogP contribution is 2.34. The zero-order valence-corrected chi connectivity index (χ0v) is 12.5. The summed E-state index contributed by atoms with van der Waals surface area (Å²) < 4.78 is 15.7. The third-order valence-corrected chi connectivity index (χ3v) is 4.05. The highest BCUT2D eigenvalue weighted by atomic mass is 32.2. The molecule has 1 aliphatic rings. The Labute approximate surface area is 122 Å². The van der Waals surface area contributed by atoms with E-state index in [-0.39, 0.29) is 5.97 Å². The van der Waals surface area contributed by atoms with Crippen molar-refractivity contribution < 1.29 is 19.0 Å². The minimum atomic E-state index is -0.949. The summed E-state index contributed by atoms with van der Waals surface area (Å²) in [5, 5.41) is 0. The summed E-state index contributed by atoms with van der Waals surface area (Å²) in [4.78, 5) is 12.5. The fraction of sp³-hybridized carbons (Fsp3) is 0.500. The third kappa shape index (κ3) is 3.58. The van der Waals surface area contributed by atoms with Crippen molar-refractivity contribution in [2.45, 2.75) is 23.8 Å². The molecule has 5 nitrogen and oxygen atoms in total. The number of hydrogen-bond donors (Lipinski definition) is 1. The monoisotopic (exact) mass is 297 g/mol. The van der Waals surface area contributed by atoms with Crippen LogP contribution < -0.4 is 15.2 Å². The lowest BCUT2D eigenvalue weighted by molar-refractivity contribution is -0.146. The maximum Gasteiger partial charge on any atom is 0.325 e. The Balaban J connectivity index is 1.90. The molecule has 0 aromatic heterocycles. The standard InChI is InChI=1S/C14H19NO4S/c1-14(15,13(16)17-2)5-8-20-10-3-4-11-12(9-10)19-7-6-18-11/h3-4,9H,5-8,15H2,1-2H3. The summed E-state index contributed by atoms with van der Waals surface area (Å²) in [6.45, 7) is 2.84. The van der Waals surface area contributed by atoms with Gasteiger partial charge >= 0.3 is 5.97 Å². The smallest absolute Gasteiger partial charge is 0.325 e. The number of esters is 1. The summed E-state index contributed by atoms with van der Waals surface area (Å²) in [5.74, 6) is 1.88. The number of rotatable bonds is 5. The second-order valence-corrected chi connectivity index (χ2v) is 5.98. The molecule has 0 saturated heterocycles. The highest BCUT2D eigenvalue weighted by molar-refractivity contribution is 7.99. The van der Waals surface area contributed by atoms with E-state index in [0.29, 0.717) is 19.6 Å². The van der Waals surface area contributed by atoms with Gasteiger partial charge in [0, 0.05) is 10.6 Å². The van der Waals surface area contributed by atoms with E-state index >= 15 is 0 Å². The van der Waals surface area contributed by atoms with Crippen LogP contribution in [0.25, 0.3) is 0 Å². The van der Waals surface area contributed by atoms with Gasteiger partial charge in [-0.25, -0.2) is 0 Å². The normalized spacial score (nSPS) is 16.4. The zero-order valence-electron chi connectivity index (χ0n) is 11.7. The first-order valence-electron chi connectivity index (χ1n) is 6.43. The molecule has 1 aromatic rings. The van der Waals surface area contributed by atoms with Crippen LogP contribution in [-0.2, 0) is 9.53 Å². The van der Waals surface area contributed by atoms with Crippen LogP contribution in [-0.4, -0.2) is 37.6 Å². The van der Waals surface area contributed by atoms with Crippen molar-refractivity contribution in [1.29, 1.82) is 0 Å². The minimum Gasteiger partial charge on any atom is -0.486 e. The first-order valence-corrected chi connectivity index (χ1v) is 7.41. The molecule has 0 aliphatic carbocycles. The summed E-state index contributed by atoms with van der Waals surface area (Å²) in [6.07, 6.45) is 0.540. The Bertz CT molecular complexity index is 490. The second-order valence-electron chi connectivity index (χ2n) is 4.81. The van der Waals surface area contributed by atoms with Gasteiger partial charge in [-0.2, -0.15) is 0 Å². The molecule has 1 aromatic carbocycles. The van der Waals surface area contributed by atoms with E-state index in [1.165, 1.54) is 7.11 Å². The number of methoxy groups -OCH3 is 1. The molecule has 2 N–H and O–H groups in total. The van der Waals surface area contributed by atoms with E-state index in [1.54, 1.807) is 18.7 Å². The van der Waals surface area contributed by atoms with Crippen molar-refractivity contribution in [2.24, 2.45) is 5.73 Å². The van der Waals surface area contributed by atoms with Gasteiger partial charge in [0.05, 0.1) is 7.11 Å². The molecule has 0 spiro atoms. The van der Waals surface area contributed by atoms with Gasteiger partial charge in [-0.05, 0) is 31.5 Å². The maximum absolute atomic E-state index is 11.5. The van der Waals surface area contributed by atoms with Crippen LogP contribution in [0.5, 0.6) is 11.5 Å². The Morgan fingerprint density at radius 3 is 2.80 bits per heavy atom. The van der Waals surface area contributed by atoms with Crippen LogP contribution in [0.1, 0.15) is 13.3 Å². The summed E-state index contributed by atoms with van der Waals surface area (Å²) in [5.41, 5.74) is 4.96. The van der Waals surface area contributed by atoms with Crippen molar-refractivity contribution in [2.75, 3.05) is 26.1 Å². The van der Waals surface area contributed by atoms with Gasteiger partial charge in [-0.1, -0.05) is 0 Å². The molecule has 110 valence electrons. The van der Waals surface area contributed by atoms with Crippen molar-refractivity contribution >= 4 is 17.7 Å². The van der Waals surface area contributed by atoms with Crippen LogP contribution in [0.3, 0.4) is 0 Å². The van der Waals surface area contributed by atoms with E-state index in [9.17, 15) is 4.79 Å². The molecular formula is C14H19NO4S. The van der Waals surface area contributed by atoms with Gasteiger partial charge in [0.25, 0.3) is 0 Å². The molecule has 0 saturated carbocycles. The topological polar surface area (TPSA) is 70.8 Å².